The average molecular weight is 388 g/mol. The van der Waals surface area contributed by atoms with E-state index in [0.717, 1.165) is 11.3 Å². The molecule has 0 aliphatic rings. The molecule has 0 radical (unpaired) electrons. The third-order valence-corrected chi connectivity index (χ3v) is 4.08. The number of nitrogens with one attached hydrogen (secondary N) is 2. The summed E-state index contributed by atoms with van der Waals surface area (Å²) in [5, 5.41) is 6.00. The molecule has 3 aromatic rings. The third kappa shape index (κ3) is 6.14. The fraction of sp³-hybridized carbons (Fsp3) is 0.125. The number of para-hydroxylation sites is 4. The van der Waals surface area contributed by atoms with Gasteiger partial charge in [-0.3, -0.25) is 4.79 Å². The van der Waals surface area contributed by atoms with Crippen LogP contribution in [0.5, 0.6) is 11.5 Å². The van der Waals surface area contributed by atoms with Crippen LogP contribution in [0.25, 0.3) is 0 Å². The van der Waals surface area contributed by atoms with Gasteiger partial charge in [0, 0.05) is 0 Å². The van der Waals surface area contributed by atoms with E-state index in [4.69, 9.17) is 9.47 Å². The molecule has 0 atom stereocenters. The zero-order valence-corrected chi connectivity index (χ0v) is 16.1. The molecule has 0 fully saturated rings. The van der Waals surface area contributed by atoms with Gasteiger partial charge >= 0.3 is 0 Å². The smallest absolute Gasteiger partial charge is 0.243 e. The summed E-state index contributed by atoms with van der Waals surface area (Å²) in [7, 11) is 0. The highest BCUT2D eigenvalue weighted by Crippen LogP contribution is 2.26. The van der Waals surface area contributed by atoms with E-state index in [1.165, 1.54) is 0 Å². The predicted octanol–water partition coefficient (Wildman–Crippen LogP) is 4.88. The Balaban J connectivity index is 1.58. The molecule has 2 N–H and O–H groups in total. The normalized spacial score (nSPS) is 10.1. The summed E-state index contributed by atoms with van der Waals surface area (Å²) in [6, 6.07) is 24.8. The summed E-state index contributed by atoms with van der Waals surface area (Å²) in [5.74, 6) is 1.12. The van der Waals surface area contributed by atoms with Gasteiger partial charge in [0.15, 0.2) is 0 Å². The van der Waals surface area contributed by atoms with Gasteiger partial charge in [-0.05, 0) is 29.8 Å². The number of carbonyl (C=O) groups is 1. The molecule has 0 aliphatic carbocycles. The molecule has 29 heavy (non-hydrogen) atoms. The van der Waals surface area contributed by atoms with Crippen molar-refractivity contribution in [3.63, 3.8) is 0 Å². The largest absolute Gasteiger partial charge is 0.487 e. The number of anilines is 2. The van der Waals surface area contributed by atoms with Crippen LogP contribution in [-0.4, -0.2) is 19.1 Å². The molecule has 0 saturated heterocycles. The Hall–Kier alpha value is -3.73. The zero-order chi connectivity index (χ0) is 20.3. The molecule has 0 aliphatic heterocycles. The Morgan fingerprint density at radius 2 is 1.45 bits per heavy atom. The summed E-state index contributed by atoms with van der Waals surface area (Å²) >= 11 is 0. The van der Waals surface area contributed by atoms with Gasteiger partial charge < -0.3 is 20.1 Å². The Morgan fingerprint density at radius 1 is 0.828 bits per heavy atom. The molecule has 0 bridgehead atoms. The van der Waals surface area contributed by atoms with Gasteiger partial charge in [0.05, 0.1) is 17.9 Å². The van der Waals surface area contributed by atoms with Crippen LogP contribution < -0.4 is 20.1 Å². The van der Waals surface area contributed by atoms with Crippen molar-refractivity contribution >= 4 is 17.3 Å². The van der Waals surface area contributed by atoms with Crippen LogP contribution in [0.4, 0.5) is 11.4 Å². The highest BCUT2D eigenvalue weighted by molar-refractivity contribution is 5.95. The van der Waals surface area contributed by atoms with Crippen LogP contribution in [0.15, 0.2) is 91.5 Å². The van der Waals surface area contributed by atoms with Gasteiger partial charge in [0.2, 0.25) is 5.91 Å². The second-order valence-corrected chi connectivity index (χ2v) is 6.27. The Bertz CT molecular complexity index is 942. The average Bonchev–Trinajstić information content (AvgIpc) is 2.77. The van der Waals surface area contributed by atoms with Crippen LogP contribution in [0.3, 0.4) is 0 Å². The molecule has 0 aromatic heterocycles. The molecule has 0 saturated carbocycles. The van der Waals surface area contributed by atoms with Crippen LogP contribution >= 0.6 is 0 Å². The van der Waals surface area contributed by atoms with Crippen molar-refractivity contribution in [1.29, 1.82) is 0 Å². The molecule has 3 aromatic carbocycles. The molecular weight excluding hydrogens is 364 g/mol. The second-order valence-electron chi connectivity index (χ2n) is 6.27. The lowest BCUT2D eigenvalue weighted by Gasteiger charge is -2.14. The van der Waals surface area contributed by atoms with E-state index in [2.05, 4.69) is 17.2 Å². The first-order chi connectivity index (χ1) is 14.3. The van der Waals surface area contributed by atoms with Gasteiger partial charge in [-0.2, -0.15) is 0 Å². The van der Waals surface area contributed by atoms with Crippen molar-refractivity contribution in [1.82, 2.24) is 0 Å². The fourth-order valence-corrected chi connectivity index (χ4v) is 2.69. The van der Waals surface area contributed by atoms with E-state index in [9.17, 15) is 4.79 Å². The first kappa shape index (κ1) is 20.0. The zero-order valence-electron chi connectivity index (χ0n) is 16.1. The maximum absolute atomic E-state index is 12.5. The van der Waals surface area contributed by atoms with E-state index in [1.54, 1.807) is 6.08 Å². The van der Waals surface area contributed by atoms with Crippen molar-refractivity contribution in [2.75, 3.05) is 23.8 Å². The molecule has 0 heterocycles. The van der Waals surface area contributed by atoms with E-state index in [-0.39, 0.29) is 12.5 Å². The maximum atomic E-state index is 12.5. The first-order valence-electron chi connectivity index (χ1n) is 9.38. The number of hydrogen-bond acceptors (Lipinski definition) is 4. The van der Waals surface area contributed by atoms with Gasteiger partial charge in [-0.1, -0.05) is 67.3 Å². The van der Waals surface area contributed by atoms with Crippen molar-refractivity contribution in [2.24, 2.45) is 0 Å². The second kappa shape index (κ2) is 10.6. The monoisotopic (exact) mass is 388 g/mol. The van der Waals surface area contributed by atoms with Gasteiger partial charge in [0.1, 0.15) is 24.7 Å². The Morgan fingerprint density at radius 3 is 2.17 bits per heavy atom. The number of ether oxygens (including phenoxy) is 2. The van der Waals surface area contributed by atoms with E-state index in [1.807, 2.05) is 78.9 Å². The highest BCUT2D eigenvalue weighted by Gasteiger charge is 2.09. The van der Waals surface area contributed by atoms with Gasteiger partial charge in [-0.15, -0.1) is 0 Å². The summed E-state index contributed by atoms with van der Waals surface area (Å²) in [5.41, 5.74) is 2.44. The quantitative estimate of drug-likeness (QED) is 0.486. The lowest BCUT2D eigenvalue weighted by molar-refractivity contribution is -0.114. The number of benzene rings is 3. The number of carbonyl (C=O) groups excluding carboxylic acids is 1. The van der Waals surface area contributed by atoms with Crippen molar-refractivity contribution in [3.05, 3.63) is 97.1 Å². The van der Waals surface area contributed by atoms with E-state index in [0.29, 0.717) is 30.4 Å². The van der Waals surface area contributed by atoms with Crippen LogP contribution in [-0.2, 0) is 11.4 Å². The molecule has 0 spiro atoms. The van der Waals surface area contributed by atoms with Crippen LogP contribution in [0, 0.1) is 0 Å². The molecule has 148 valence electrons. The fourth-order valence-electron chi connectivity index (χ4n) is 2.69. The maximum Gasteiger partial charge on any atom is 0.243 e. The predicted molar refractivity (Wildman–Crippen MR) is 116 cm³/mol. The van der Waals surface area contributed by atoms with Crippen molar-refractivity contribution in [2.45, 2.75) is 6.61 Å². The molecular formula is C24H24N2O3. The molecule has 1 amide bonds. The summed E-state index contributed by atoms with van der Waals surface area (Å²) in [4.78, 5) is 12.5. The minimum atomic E-state index is -0.181. The van der Waals surface area contributed by atoms with Gasteiger partial charge in [-0.25, -0.2) is 0 Å². The Labute approximate surface area is 171 Å². The van der Waals surface area contributed by atoms with Crippen LogP contribution in [0.1, 0.15) is 5.56 Å². The molecule has 3 rings (SSSR count). The number of rotatable bonds is 10. The minimum Gasteiger partial charge on any atom is -0.487 e. The first-order valence-corrected chi connectivity index (χ1v) is 9.38. The standard InChI is InChI=1S/C24H24N2O3/c1-2-16-28-22-14-8-6-12-20(22)25-17-24(27)26-21-13-7-9-15-23(21)29-18-19-10-4-3-5-11-19/h2-15,25H,1,16-18H2,(H,26,27). The Kier molecular flexibility index (Phi) is 7.29. The van der Waals surface area contributed by atoms with Crippen molar-refractivity contribution < 1.29 is 14.3 Å². The SMILES string of the molecule is C=CCOc1ccccc1NCC(=O)Nc1ccccc1OCc1ccccc1. The lowest BCUT2D eigenvalue weighted by Crippen LogP contribution is -2.22. The summed E-state index contributed by atoms with van der Waals surface area (Å²) in [6.07, 6.45) is 1.68. The minimum absolute atomic E-state index is 0.0987. The lowest BCUT2D eigenvalue weighted by atomic mass is 10.2. The molecule has 5 nitrogen and oxygen atoms in total. The molecule has 0 unspecified atom stereocenters. The third-order valence-electron chi connectivity index (χ3n) is 4.08. The topological polar surface area (TPSA) is 59.6 Å². The van der Waals surface area contributed by atoms with Crippen LogP contribution in [0.2, 0.25) is 0 Å². The summed E-state index contributed by atoms with van der Waals surface area (Å²) < 4.78 is 11.5. The number of amides is 1. The van der Waals surface area contributed by atoms with Crippen molar-refractivity contribution in [3.8, 4) is 11.5 Å². The molecule has 5 heteroatoms. The summed E-state index contributed by atoms with van der Waals surface area (Å²) in [6.45, 7) is 4.58. The van der Waals surface area contributed by atoms with E-state index < -0.39 is 0 Å². The van der Waals surface area contributed by atoms with Gasteiger partial charge in [0.25, 0.3) is 0 Å². The number of hydrogen-bond donors (Lipinski definition) is 2. The highest BCUT2D eigenvalue weighted by atomic mass is 16.5. The van der Waals surface area contributed by atoms with E-state index >= 15 is 0 Å².